The maximum absolute atomic E-state index is 11.3. The zero-order chi connectivity index (χ0) is 8.27. The van der Waals surface area contributed by atoms with E-state index in [0.717, 1.165) is 4.88 Å². The quantitative estimate of drug-likeness (QED) is 0.699. The first-order valence-corrected chi connectivity index (χ1v) is 4.47. The third-order valence-corrected chi connectivity index (χ3v) is 2.43. The maximum Gasteiger partial charge on any atom is 0.189 e. The molecule has 1 aromatic heterocycles. The molecule has 0 aliphatic heterocycles. The van der Waals surface area contributed by atoms with E-state index in [-0.39, 0.29) is 11.8 Å². The van der Waals surface area contributed by atoms with Gasteiger partial charge in [-0.15, -0.1) is 11.3 Å². The van der Waals surface area contributed by atoms with Crippen LogP contribution in [0.25, 0.3) is 0 Å². The van der Waals surface area contributed by atoms with Gasteiger partial charge < -0.3 is 5.73 Å². The Balaban J connectivity index is 2.70. The molecule has 0 aliphatic carbocycles. The zero-order valence-corrected chi connectivity index (χ0v) is 7.23. The molecule has 0 amide bonds. The molecule has 0 saturated heterocycles. The van der Waals surface area contributed by atoms with Crippen LogP contribution in [0.3, 0.4) is 0 Å². The van der Waals surface area contributed by atoms with Gasteiger partial charge >= 0.3 is 0 Å². The summed E-state index contributed by atoms with van der Waals surface area (Å²) < 4.78 is 0. The number of hydrogen-bond acceptors (Lipinski definition) is 3. The van der Waals surface area contributed by atoms with E-state index in [1.165, 1.54) is 11.3 Å². The van der Waals surface area contributed by atoms with E-state index in [4.69, 9.17) is 5.73 Å². The summed E-state index contributed by atoms with van der Waals surface area (Å²) in [5, 5.41) is 1.88. The number of Topliss-reactive ketones (excluding diaryl/α,β-unsaturated/α-hetero) is 1. The number of thiophene rings is 1. The van der Waals surface area contributed by atoms with Crippen LogP contribution in [0.5, 0.6) is 0 Å². The molecule has 0 bridgehead atoms. The van der Waals surface area contributed by atoms with Crippen molar-refractivity contribution in [2.24, 2.45) is 5.73 Å². The molecule has 1 aromatic rings. The summed E-state index contributed by atoms with van der Waals surface area (Å²) in [4.78, 5) is 12.1. The van der Waals surface area contributed by atoms with Crippen LogP contribution in [-0.2, 0) is 0 Å². The Hall–Kier alpha value is -0.670. The van der Waals surface area contributed by atoms with Gasteiger partial charge in [-0.2, -0.15) is 0 Å². The van der Waals surface area contributed by atoms with Crippen LogP contribution in [0, 0.1) is 0 Å². The van der Waals surface area contributed by atoms with Crippen LogP contribution < -0.4 is 5.73 Å². The molecule has 2 N–H and O–H groups in total. The highest BCUT2D eigenvalue weighted by molar-refractivity contribution is 7.12. The predicted molar refractivity (Wildman–Crippen MR) is 46.9 cm³/mol. The fraction of sp³-hybridized carbons (Fsp3) is 0.375. The highest BCUT2D eigenvalue weighted by atomic mass is 32.1. The van der Waals surface area contributed by atoms with E-state index < -0.39 is 0 Å². The van der Waals surface area contributed by atoms with Gasteiger partial charge in [-0.05, 0) is 17.9 Å². The lowest BCUT2D eigenvalue weighted by Gasteiger charge is -2.03. The van der Waals surface area contributed by atoms with Crippen molar-refractivity contribution in [2.45, 2.75) is 19.4 Å². The van der Waals surface area contributed by atoms with Gasteiger partial charge in [-0.3, -0.25) is 4.79 Å². The van der Waals surface area contributed by atoms with E-state index in [0.29, 0.717) is 6.42 Å². The number of carbonyl (C=O) groups excluding carboxylic acids is 1. The first-order chi connectivity index (χ1) is 5.25. The lowest BCUT2D eigenvalue weighted by atomic mass is 10.1. The number of rotatable bonds is 3. The highest BCUT2D eigenvalue weighted by Crippen LogP contribution is 2.11. The van der Waals surface area contributed by atoms with Gasteiger partial charge in [0.25, 0.3) is 0 Å². The van der Waals surface area contributed by atoms with Gasteiger partial charge in [0.05, 0.1) is 10.9 Å². The van der Waals surface area contributed by atoms with Crippen LogP contribution in [0.1, 0.15) is 23.0 Å². The van der Waals surface area contributed by atoms with E-state index >= 15 is 0 Å². The third-order valence-electron chi connectivity index (χ3n) is 1.54. The van der Waals surface area contributed by atoms with Gasteiger partial charge in [0, 0.05) is 0 Å². The molecule has 11 heavy (non-hydrogen) atoms. The summed E-state index contributed by atoms with van der Waals surface area (Å²) in [6, 6.07) is 3.34. The molecule has 1 atom stereocenters. The molecule has 3 heteroatoms. The molecule has 0 saturated carbocycles. The molecule has 0 aromatic carbocycles. The van der Waals surface area contributed by atoms with Gasteiger partial charge in [0.2, 0.25) is 0 Å². The van der Waals surface area contributed by atoms with Crippen molar-refractivity contribution < 1.29 is 4.79 Å². The van der Waals surface area contributed by atoms with Crippen LogP contribution >= 0.6 is 11.3 Å². The smallest absolute Gasteiger partial charge is 0.189 e. The van der Waals surface area contributed by atoms with Crippen LogP contribution in [0.4, 0.5) is 0 Å². The lowest BCUT2D eigenvalue weighted by molar-refractivity contribution is 0.0963. The Kier molecular flexibility index (Phi) is 2.79. The molecular weight excluding hydrogens is 158 g/mol. The lowest BCUT2D eigenvalue weighted by Crippen LogP contribution is -2.28. The molecule has 0 radical (unpaired) electrons. The number of carbonyl (C=O) groups is 1. The molecule has 0 fully saturated rings. The fourth-order valence-corrected chi connectivity index (χ4v) is 1.52. The van der Waals surface area contributed by atoms with E-state index in [2.05, 4.69) is 0 Å². The zero-order valence-electron chi connectivity index (χ0n) is 6.41. The topological polar surface area (TPSA) is 43.1 Å². The van der Waals surface area contributed by atoms with Crippen molar-refractivity contribution in [1.29, 1.82) is 0 Å². The van der Waals surface area contributed by atoms with Gasteiger partial charge in [0.1, 0.15) is 0 Å². The summed E-state index contributed by atoms with van der Waals surface area (Å²) in [6.07, 6.45) is 0.705. The number of nitrogens with two attached hydrogens (primary N) is 1. The van der Waals surface area contributed by atoms with Crippen molar-refractivity contribution in [3.05, 3.63) is 22.4 Å². The van der Waals surface area contributed by atoms with Crippen LogP contribution in [0.2, 0.25) is 0 Å². The molecule has 1 rings (SSSR count). The average Bonchev–Trinajstić information content (AvgIpc) is 2.53. The number of hydrogen-bond donors (Lipinski definition) is 1. The largest absolute Gasteiger partial charge is 0.321 e. The van der Waals surface area contributed by atoms with E-state index in [9.17, 15) is 4.79 Å². The molecule has 1 heterocycles. The molecule has 0 aliphatic rings. The first-order valence-electron chi connectivity index (χ1n) is 3.59. The minimum atomic E-state index is -0.325. The van der Waals surface area contributed by atoms with Crippen LogP contribution in [0.15, 0.2) is 17.5 Å². The number of ketones is 1. The summed E-state index contributed by atoms with van der Waals surface area (Å²) in [5.41, 5.74) is 5.56. The average molecular weight is 169 g/mol. The predicted octanol–water partition coefficient (Wildman–Crippen LogP) is 1.67. The van der Waals surface area contributed by atoms with Gasteiger partial charge in [-0.1, -0.05) is 13.0 Å². The summed E-state index contributed by atoms with van der Waals surface area (Å²) in [7, 11) is 0. The maximum atomic E-state index is 11.3. The summed E-state index contributed by atoms with van der Waals surface area (Å²) in [6.45, 7) is 1.91. The second-order valence-corrected chi connectivity index (χ2v) is 3.30. The Morgan fingerprint density at radius 3 is 3.00 bits per heavy atom. The van der Waals surface area contributed by atoms with Crippen molar-refractivity contribution in [3.63, 3.8) is 0 Å². The fourth-order valence-electron chi connectivity index (χ4n) is 0.787. The Bertz CT molecular complexity index is 230. The molecular formula is C8H11NOS. The minimum Gasteiger partial charge on any atom is -0.321 e. The Morgan fingerprint density at radius 2 is 2.55 bits per heavy atom. The summed E-state index contributed by atoms with van der Waals surface area (Å²) >= 11 is 1.45. The SMILES string of the molecule is CC[C@@H](N)C(=O)c1cccs1. The van der Waals surface area contributed by atoms with Gasteiger partial charge in [-0.25, -0.2) is 0 Å². The molecule has 0 unspecified atom stereocenters. The molecule has 2 nitrogen and oxygen atoms in total. The van der Waals surface area contributed by atoms with Crippen molar-refractivity contribution >= 4 is 17.1 Å². The standard InChI is InChI=1S/C8H11NOS/c1-2-6(9)8(10)7-4-3-5-11-7/h3-6H,2,9H2,1H3/t6-/m1/s1. The van der Waals surface area contributed by atoms with Crippen molar-refractivity contribution in [3.8, 4) is 0 Å². The second-order valence-electron chi connectivity index (χ2n) is 2.36. The second kappa shape index (κ2) is 3.64. The van der Waals surface area contributed by atoms with E-state index in [1.54, 1.807) is 0 Å². The Morgan fingerprint density at radius 1 is 1.82 bits per heavy atom. The van der Waals surface area contributed by atoms with Crippen molar-refractivity contribution in [1.82, 2.24) is 0 Å². The Labute approximate surface area is 70.0 Å². The molecule has 60 valence electrons. The van der Waals surface area contributed by atoms with Crippen LogP contribution in [-0.4, -0.2) is 11.8 Å². The third kappa shape index (κ3) is 1.88. The highest BCUT2D eigenvalue weighted by Gasteiger charge is 2.13. The normalized spacial score (nSPS) is 12.9. The first kappa shape index (κ1) is 8.43. The van der Waals surface area contributed by atoms with Crippen molar-refractivity contribution in [2.75, 3.05) is 0 Å². The molecule has 0 spiro atoms. The van der Waals surface area contributed by atoms with Gasteiger partial charge in [0.15, 0.2) is 5.78 Å². The minimum absolute atomic E-state index is 0.0579. The monoisotopic (exact) mass is 169 g/mol. The van der Waals surface area contributed by atoms with E-state index in [1.807, 2.05) is 24.4 Å². The summed E-state index contributed by atoms with van der Waals surface area (Å²) in [5.74, 6) is 0.0579.